The normalized spacial score (nSPS) is 20.7. The van der Waals surface area contributed by atoms with Crippen LogP contribution in [-0.4, -0.2) is 49.8 Å². The first kappa shape index (κ1) is 18.8. The summed E-state index contributed by atoms with van der Waals surface area (Å²) >= 11 is 0. The molecule has 24 heavy (non-hydrogen) atoms. The van der Waals surface area contributed by atoms with E-state index >= 15 is 0 Å². The number of amides is 1. The number of halogens is 1. The molecule has 0 radical (unpaired) electrons. The number of hydrogen-bond acceptors (Lipinski definition) is 4. The van der Waals surface area contributed by atoms with Gasteiger partial charge in [-0.1, -0.05) is 12.1 Å². The second-order valence-electron chi connectivity index (χ2n) is 6.42. The third-order valence-corrected chi connectivity index (χ3v) is 4.43. The molecule has 1 aromatic carbocycles. The Morgan fingerprint density at radius 2 is 2.29 bits per heavy atom. The summed E-state index contributed by atoms with van der Waals surface area (Å²) in [5, 5.41) is 0. The van der Waals surface area contributed by atoms with E-state index in [0.717, 1.165) is 24.9 Å². The molecule has 1 amide bonds. The Balaban J connectivity index is 1.85. The van der Waals surface area contributed by atoms with Gasteiger partial charge in [-0.05, 0) is 43.4 Å². The van der Waals surface area contributed by atoms with Crippen molar-refractivity contribution in [2.45, 2.75) is 38.5 Å². The number of nitrogens with zero attached hydrogens (tertiary/aromatic N) is 1. The van der Waals surface area contributed by atoms with E-state index < -0.39 is 12.1 Å². The van der Waals surface area contributed by atoms with Gasteiger partial charge in [-0.2, -0.15) is 0 Å². The van der Waals surface area contributed by atoms with E-state index in [9.17, 15) is 9.18 Å². The van der Waals surface area contributed by atoms with E-state index in [-0.39, 0.29) is 18.3 Å². The number of carbonyl (C=O) groups is 1. The molecule has 2 N–H and O–H groups in total. The molecule has 6 heteroatoms. The maximum atomic E-state index is 13.2. The molecule has 5 nitrogen and oxygen atoms in total. The maximum absolute atomic E-state index is 13.2. The van der Waals surface area contributed by atoms with Crippen LogP contribution in [-0.2, 0) is 20.9 Å². The van der Waals surface area contributed by atoms with Crippen molar-refractivity contribution in [2.24, 2.45) is 11.7 Å². The van der Waals surface area contributed by atoms with Crippen LogP contribution in [0.2, 0.25) is 0 Å². The van der Waals surface area contributed by atoms with E-state index in [0.29, 0.717) is 19.1 Å². The molecule has 0 bridgehead atoms. The van der Waals surface area contributed by atoms with Gasteiger partial charge in [-0.3, -0.25) is 4.79 Å². The Morgan fingerprint density at radius 1 is 1.50 bits per heavy atom. The van der Waals surface area contributed by atoms with Gasteiger partial charge in [0.15, 0.2) is 0 Å². The summed E-state index contributed by atoms with van der Waals surface area (Å²) in [6.07, 6.45) is 1.59. The fraction of sp³-hybridized carbons (Fsp3) is 0.611. The van der Waals surface area contributed by atoms with Gasteiger partial charge < -0.3 is 20.1 Å². The SMILES string of the molecule is COC[C@H]1CCCN(C(=O)[C@@H](N)[C@@H](C)OCc2cccc(F)c2)C1. The molecule has 134 valence electrons. The number of methoxy groups -OCH3 is 1. The van der Waals surface area contributed by atoms with Crippen molar-refractivity contribution in [3.05, 3.63) is 35.6 Å². The van der Waals surface area contributed by atoms with E-state index in [4.69, 9.17) is 15.2 Å². The Hall–Kier alpha value is -1.50. The molecule has 1 aliphatic rings. The fourth-order valence-corrected chi connectivity index (χ4v) is 3.01. The lowest BCUT2D eigenvalue weighted by atomic mass is 9.98. The molecular formula is C18H27FN2O3. The van der Waals surface area contributed by atoms with Gasteiger partial charge >= 0.3 is 0 Å². The van der Waals surface area contributed by atoms with Crippen molar-refractivity contribution in [1.29, 1.82) is 0 Å². The molecule has 1 aliphatic heterocycles. The van der Waals surface area contributed by atoms with Gasteiger partial charge in [0.05, 0.1) is 19.3 Å². The zero-order valence-corrected chi connectivity index (χ0v) is 14.4. The third kappa shape index (κ3) is 5.26. The highest BCUT2D eigenvalue weighted by atomic mass is 19.1. The smallest absolute Gasteiger partial charge is 0.242 e. The van der Waals surface area contributed by atoms with Gasteiger partial charge in [0.1, 0.15) is 11.9 Å². The molecule has 0 saturated carbocycles. The lowest BCUT2D eigenvalue weighted by molar-refractivity contribution is -0.138. The first-order valence-electron chi connectivity index (χ1n) is 8.40. The Kier molecular flexibility index (Phi) is 7.15. The molecule has 3 atom stereocenters. The lowest BCUT2D eigenvalue weighted by Gasteiger charge is -2.35. The van der Waals surface area contributed by atoms with E-state index in [1.165, 1.54) is 12.1 Å². The summed E-state index contributed by atoms with van der Waals surface area (Å²) in [6, 6.07) is 5.49. The number of hydrogen-bond donors (Lipinski definition) is 1. The summed E-state index contributed by atoms with van der Waals surface area (Å²) in [6.45, 7) is 4.07. The molecule has 1 heterocycles. The number of rotatable bonds is 7. The second kappa shape index (κ2) is 9.11. The molecule has 1 saturated heterocycles. The van der Waals surface area contributed by atoms with Crippen molar-refractivity contribution in [3.8, 4) is 0 Å². The molecule has 0 spiro atoms. The minimum absolute atomic E-state index is 0.0949. The first-order chi connectivity index (χ1) is 11.5. The van der Waals surface area contributed by atoms with Gasteiger partial charge in [0, 0.05) is 20.2 Å². The lowest BCUT2D eigenvalue weighted by Crippen LogP contribution is -2.52. The van der Waals surface area contributed by atoms with Gasteiger partial charge in [-0.15, -0.1) is 0 Å². The monoisotopic (exact) mass is 338 g/mol. The predicted molar refractivity (Wildman–Crippen MR) is 89.8 cm³/mol. The Bertz CT molecular complexity index is 539. The number of ether oxygens (including phenoxy) is 2. The van der Waals surface area contributed by atoms with Crippen LogP contribution in [0.5, 0.6) is 0 Å². The molecular weight excluding hydrogens is 311 g/mol. The summed E-state index contributed by atoms with van der Waals surface area (Å²) in [4.78, 5) is 14.4. The van der Waals surface area contributed by atoms with Crippen LogP contribution in [0.4, 0.5) is 4.39 Å². The highest BCUT2D eigenvalue weighted by Crippen LogP contribution is 2.18. The van der Waals surface area contributed by atoms with Crippen LogP contribution < -0.4 is 5.73 Å². The minimum Gasteiger partial charge on any atom is -0.384 e. The average Bonchev–Trinajstić information content (AvgIpc) is 2.59. The van der Waals surface area contributed by atoms with Gasteiger partial charge in [0.2, 0.25) is 5.91 Å². The van der Waals surface area contributed by atoms with E-state index in [1.54, 1.807) is 31.1 Å². The summed E-state index contributed by atoms with van der Waals surface area (Å²) in [7, 11) is 1.68. The highest BCUT2D eigenvalue weighted by molar-refractivity contribution is 5.82. The Labute approximate surface area is 142 Å². The summed E-state index contributed by atoms with van der Waals surface area (Å²) < 4.78 is 24.0. The third-order valence-electron chi connectivity index (χ3n) is 4.43. The van der Waals surface area contributed by atoms with Crippen molar-refractivity contribution in [3.63, 3.8) is 0 Å². The summed E-state index contributed by atoms with van der Waals surface area (Å²) in [5.41, 5.74) is 6.81. The molecule has 1 aromatic rings. The van der Waals surface area contributed by atoms with Crippen LogP contribution in [0.3, 0.4) is 0 Å². The molecule has 0 aliphatic carbocycles. The van der Waals surface area contributed by atoms with E-state index in [2.05, 4.69) is 0 Å². The minimum atomic E-state index is -0.722. The first-order valence-corrected chi connectivity index (χ1v) is 8.40. The van der Waals surface area contributed by atoms with Crippen LogP contribution >= 0.6 is 0 Å². The second-order valence-corrected chi connectivity index (χ2v) is 6.42. The van der Waals surface area contributed by atoms with Gasteiger partial charge in [0.25, 0.3) is 0 Å². The van der Waals surface area contributed by atoms with Crippen LogP contribution in [0.25, 0.3) is 0 Å². The van der Waals surface area contributed by atoms with Crippen molar-refractivity contribution in [1.82, 2.24) is 4.90 Å². The maximum Gasteiger partial charge on any atom is 0.242 e. The zero-order valence-electron chi connectivity index (χ0n) is 14.4. The van der Waals surface area contributed by atoms with Crippen molar-refractivity contribution >= 4 is 5.91 Å². The largest absolute Gasteiger partial charge is 0.384 e. The topological polar surface area (TPSA) is 64.8 Å². The number of carbonyl (C=O) groups excluding carboxylic acids is 1. The highest BCUT2D eigenvalue weighted by Gasteiger charge is 2.30. The number of benzene rings is 1. The van der Waals surface area contributed by atoms with Gasteiger partial charge in [-0.25, -0.2) is 4.39 Å². The quantitative estimate of drug-likeness (QED) is 0.825. The molecule has 2 rings (SSSR count). The number of nitrogens with two attached hydrogens (primary N) is 1. The van der Waals surface area contributed by atoms with E-state index in [1.807, 2.05) is 0 Å². The van der Waals surface area contributed by atoms with Crippen LogP contribution in [0.1, 0.15) is 25.3 Å². The van der Waals surface area contributed by atoms with Crippen molar-refractivity contribution < 1.29 is 18.7 Å². The molecule has 1 fully saturated rings. The van der Waals surface area contributed by atoms with Crippen LogP contribution in [0, 0.1) is 11.7 Å². The average molecular weight is 338 g/mol. The number of likely N-dealkylation sites (tertiary alicyclic amines) is 1. The van der Waals surface area contributed by atoms with Crippen molar-refractivity contribution in [2.75, 3.05) is 26.8 Å². The standard InChI is InChI=1S/C18H27FN2O3/c1-13(24-12-14-5-3-7-16(19)9-14)17(20)18(22)21-8-4-6-15(10-21)11-23-2/h3,5,7,9,13,15,17H,4,6,8,10-12,20H2,1-2H3/t13-,15+,17+/m1/s1. The Morgan fingerprint density at radius 3 is 3.00 bits per heavy atom. The predicted octanol–water partition coefficient (Wildman–Crippen LogP) is 1.94. The fourth-order valence-electron chi connectivity index (χ4n) is 3.01. The molecule has 0 aromatic heterocycles. The summed E-state index contributed by atoms with van der Waals surface area (Å²) in [5.74, 6) is -0.0346. The van der Waals surface area contributed by atoms with Crippen LogP contribution in [0.15, 0.2) is 24.3 Å². The zero-order chi connectivity index (χ0) is 17.5. The molecule has 0 unspecified atom stereocenters. The number of piperidine rings is 1.